The Kier molecular flexibility index (Phi) is 6.69. The van der Waals surface area contributed by atoms with Crippen molar-refractivity contribution >= 4 is 39.7 Å². The molecule has 4 aromatic rings. The number of hydrogen-bond donors (Lipinski definition) is 2. The molecule has 1 saturated heterocycles. The fourth-order valence-electron chi connectivity index (χ4n) is 4.12. The van der Waals surface area contributed by atoms with Gasteiger partial charge in [0.15, 0.2) is 0 Å². The predicted molar refractivity (Wildman–Crippen MR) is 135 cm³/mol. The Morgan fingerprint density at radius 3 is 2.69 bits per heavy atom. The zero-order chi connectivity index (χ0) is 24.2. The number of fused-ring (bicyclic) bond motifs is 1. The molecular formula is C26H24N4O4S. The van der Waals surface area contributed by atoms with Crippen LogP contribution in [0.1, 0.15) is 38.7 Å². The van der Waals surface area contributed by atoms with Crippen LogP contribution in [0.15, 0.2) is 70.8 Å². The molecule has 178 valence electrons. The first-order valence-corrected chi connectivity index (χ1v) is 12.3. The third-order valence-corrected chi connectivity index (χ3v) is 6.74. The van der Waals surface area contributed by atoms with Crippen LogP contribution < -0.4 is 10.9 Å². The zero-order valence-electron chi connectivity index (χ0n) is 18.9. The average Bonchev–Trinajstić information content (AvgIpc) is 3.59. The second-order valence-electron chi connectivity index (χ2n) is 8.36. The number of para-hydroxylation sites is 1. The highest BCUT2D eigenvalue weighted by molar-refractivity contribution is 7.12. The molecule has 0 aliphatic carbocycles. The lowest BCUT2D eigenvalue weighted by Gasteiger charge is -2.25. The summed E-state index contributed by atoms with van der Waals surface area (Å²) in [5.41, 5.74) is 1.42. The number of carbonyl (C=O) groups excluding carboxylic acids is 2. The van der Waals surface area contributed by atoms with Gasteiger partial charge in [0, 0.05) is 24.4 Å². The summed E-state index contributed by atoms with van der Waals surface area (Å²) in [7, 11) is 0. The van der Waals surface area contributed by atoms with E-state index in [0.717, 1.165) is 12.8 Å². The lowest BCUT2D eigenvalue weighted by atomic mass is 10.1. The van der Waals surface area contributed by atoms with Gasteiger partial charge < -0.3 is 19.9 Å². The highest BCUT2D eigenvalue weighted by atomic mass is 32.1. The number of aromatic amines is 1. The van der Waals surface area contributed by atoms with Gasteiger partial charge >= 0.3 is 0 Å². The van der Waals surface area contributed by atoms with Gasteiger partial charge in [0.1, 0.15) is 5.82 Å². The molecule has 3 heterocycles. The number of anilines is 1. The summed E-state index contributed by atoms with van der Waals surface area (Å²) in [5, 5.41) is 5.19. The molecule has 1 fully saturated rings. The van der Waals surface area contributed by atoms with E-state index in [2.05, 4.69) is 15.3 Å². The van der Waals surface area contributed by atoms with Crippen LogP contribution in [0.2, 0.25) is 0 Å². The standard InChI is InChI=1S/C26H24N4O4S/c31-24-20-6-1-2-7-21(20)28-23(29-24)16-30(15-19-5-3-13-34-19)26(33)17-9-11-18(12-10-17)27-25(32)22-8-4-14-35-22/h1-2,4,6-12,14,19H,3,5,13,15-16H2,(H,27,32)(H,28,29,31). The molecule has 2 aromatic heterocycles. The van der Waals surface area contributed by atoms with Crippen LogP contribution in [0, 0.1) is 0 Å². The van der Waals surface area contributed by atoms with E-state index in [9.17, 15) is 14.4 Å². The van der Waals surface area contributed by atoms with Crippen LogP contribution in [0.5, 0.6) is 0 Å². The van der Waals surface area contributed by atoms with E-state index in [1.165, 1.54) is 11.3 Å². The smallest absolute Gasteiger partial charge is 0.265 e. The quantitative estimate of drug-likeness (QED) is 0.408. The van der Waals surface area contributed by atoms with E-state index in [1.807, 2.05) is 17.5 Å². The van der Waals surface area contributed by atoms with Gasteiger partial charge in [-0.1, -0.05) is 18.2 Å². The molecule has 0 radical (unpaired) electrons. The number of rotatable bonds is 7. The molecule has 1 aliphatic heterocycles. The van der Waals surface area contributed by atoms with Crippen LogP contribution in [-0.4, -0.2) is 45.9 Å². The summed E-state index contributed by atoms with van der Waals surface area (Å²) in [6, 6.07) is 17.5. The van der Waals surface area contributed by atoms with Crippen LogP contribution in [0.4, 0.5) is 5.69 Å². The van der Waals surface area contributed by atoms with E-state index >= 15 is 0 Å². The minimum Gasteiger partial charge on any atom is -0.376 e. The second-order valence-corrected chi connectivity index (χ2v) is 9.31. The number of aromatic nitrogens is 2. The first-order valence-electron chi connectivity index (χ1n) is 11.4. The Labute approximate surface area is 205 Å². The highest BCUT2D eigenvalue weighted by Gasteiger charge is 2.24. The van der Waals surface area contributed by atoms with E-state index < -0.39 is 0 Å². The fraction of sp³-hybridized carbons (Fsp3) is 0.231. The number of H-pyrrole nitrogens is 1. The normalized spacial score (nSPS) is 15.3. The maximum atomic E-state index is 13.5. The number of amides is 2. The van der Waals surface area contributed by atoms with Gasteiger partial charge in [-0.3, -0.25) is 14.4 Å². The molecule has 1 atom stereocenters. The lowest BCUT2D eigenvalue weighted by molar-refractivity contribution is 0.0501. The number of ether oxygens (including phenoxy) is 1. The number of carbonyl (C=O) groups is 2. The minimum atomic E-state index is -0.235. The Morgan fingerprint density at radius 2 is 1.94 bits per heavy atom. The molecule has 2 N–H and O–H groups in total. The van der Waals surface area contributed by atoms with Crippen molar-refractivity contribution in [1.82, 2.24) is 14.9 Å². The molecule has 0 bridgehead atoms. The van der Waals surface area contributed by atoms with Crippen molar-refractivity contribution in [2.45, 2.75) is 25.5 Å². The first-order chi connectivity index (χ1) is 17.1. The largest absolute Gasteiger partial charge is 0.376 e. The Morgan fingerprint density at radius 1 is 1.11 bits per heavy atom. The maximum Gasteiger partial charge on any atom is 0.265 e. The summed E-state index contributed by atoms with van der Waals surface area (Å²) in [6.07, 6.45) is 1.77. The number of benzene rings is 2. The summed E-state index contributed by atoms with van der Waals surface area (Å²) < 4.78 is 5.77. The third-order valence-electron chi connectivity index (χ3n) is 5.87. The second kappa shape index (κ2) is 10.2. The van der Waals surface area contributed by atoms with Gasteiger partial charge in [-0.25, -0.2) is 4.98 Å². The third kappa shape index (κ3) is 5.31. The molecule has 2 amide bonds. The SMILES string of the molecule is O=C(Nc1ccc(C(=O)N(Cc2nc3ccccc3c(=O)[nH]2)CC2CCCO2)cc1)c1cccs1. The highest BCUT2D eigenvalue weighted by Crippen LogP contribution is 2.19. The number of hydrogen-bond acceptors (Lipinski definition) is 6. The molecule has 5 rings (SSSR count). The molecule has 0 spiro atoms. The predicted octanol–water partition coefficient (Wildman–Crippen LogP) is 4.06. The van der Waals surface area contributed by atoms with Crippen LogP contribution >= 0.6 is 11.3 Å². The van der Waals surface area contributed by atoms with E-state index in [0.29, 0.717) is 46.0 Å². The number of thiophene rings is 1. The van der Waals surface area contributed by atoms with E-state index in [-0.39, 0.29) is 30.0 Å². The van der Waals surface area contributed by atoms with Gasteiger partial charge in [0.05, 0.1) is 28.4 Å². The monoisotopic (exact) mass is 488 g/mol. The molecule has 8 nitrogen and oxygen atoms in total. The molecule has 9 heteroatoms. The number of nitrogens with one attached hydrogen (secondary N) is 2. The average molecular weight is 489 g/mol. The van der Waals surface area contributed by atoms with E-state index in [1.54, 1.807) is 53.4 Å². The van der Waals surface area contributed by atoms with Crippen molar-refractivity contribution in [3.63, 3.8) is 0 Å². The molecule has 1 unspecified atom stereocenters. The molecular weight excluding hydrogens is 464 g/mol. The lowest BCUT2D eigenvalue weighted by Crippen LogP contribution is -2.37. The Hall–Kier alpha value is -3.82. The molecule has 2 aromatic carbocycles. The number of nitrogens with zero attached hydrogens (tertiary/aromatic N) is 2. The fourth-order valence-corrected chi connectivity index (χ4v) is 4.74. The van der Waals surface area contributed by atoms with Gasteiger partial charge in [-0.2, -0.15) is 0 Å². The van der Waals surface area contributed by atoms with Crippen LogP contribution in [-0.2, 0) is 11.3 Å². The van der Waals surface area contributed by atoms with Crippen LogP contribution in [0.3, 0.4) is 0 Å². The van der Waals surface area contributed by atoms with Gasteiger partial charge in [0.25, 0.3) is 17.4 Å². The maximum absolute atomic E-state index is 13.5. The summed E-state index contributed by atoms with van der Waals surface area (Å²) in [5.74, 6) is 0.0257. The van der Waals surface area contributed by atoms with Gasteiger partial charge in [-0.05, 0) is 60.7 Å². The van der Waals surface area contributed by atoms with Crippen molar-refractivity contribution in [1.29, 1.82) is 0 Å². The summed E-state index contributed by atoms with van der Waals surface area (Å²) in [6.45, 7) is 1.22. The van der Waals surface area contributed by atoms with Crippen molar-refractivity contribution in [2.24, 2.45) is 0 Å². The Balaban J connectivity index is 1.36. The molecule has 0 saturated carbocycles. The van der Waals surface area contributed by atoms with Crippen molar-refractivity contribution < 1.29 is 14.3 Å². The van der Waals surface area contributed by atoms with Crippen molar-refractivity contribution in [3.8, 4) is 0 Å². The van der Waals surface area contributed by atoms with E-state index in [4.69, 9.17) is 4.74 Å². The van der Waals surface area contributed by atoms with Crippen molar-refractivity contribution in [2.75, 3.05) is 18.5 Å². The van der Waals surface area contributed by atoms with Crippen molar-refractivity contribution in [3.05, 3.63) is 92.7 Å². The van der Waals surface area contributed by atoms with Gasteiger partial charge in [0.2, 0.25) is 0 Å². The topological polar surface area (TPSA) is 104 Å². The van der Waals surface area contributed by atoms with Crippen LogP contribution in [0.25, 0.3) is 10.9 Å². The Bertz CT molecular complexity index is 1390. The molecule has 35 heavy (non-hydrogen) atoms. The zero-order valence-corrected chi connectivity index (χ0v) is 19.7. The first kappa shape index (κ1) is 22.9. The summed E-state index contributed by atoms with van der Waals surface area (Å²) >= 11 is 1.36. The molecule has 1 aliphatic rings. The minimum absolute atomic E-state index is 0.0597. The van der Waals surface area contributed by atoms with Gasteiger partial charge in [-0.15, -0.1) is 11.3 Å². The summed E-state index contributed by atoms with van der Waals surface area (Å²) in [4.78, 5) is 47.9.